The summed E-state index contributed by atoms with van der Waals surface area (Å²) < 4.78 is 6.17. The molecule has 0 aliphatic heterocycles. The van der Waals surface area contributed by atoms with Crippen molar-refractivity contribution in [3.63, 3.8) is 0 Å². The van der Waals surface area contributed by atoms with E-state index in [9.17, 15) is 39.6 Å². The maximum Gasteiger partial charge on any atom is 0.309 e. The summed E-state index contributed by atoms with van der Waals surface area (Å²) in [6, 6.07) is 9.57. The van der Waals surface area contributed by atoms with Crippen LogP contribution in [0.15, 0.2) is 41.5 Å². The molecule has 58 heavy (non-hydrogen) atoms. The molecule has 10 atom stereocenters. The van der Waals surface area contributed by atoms with Gasteiger partial charge in [-0.05, 0) is 116 Å². The summed E-state index contributed by atoms with van der Waals surface area (Å²) >= 11 is 0. The number of Topliss-reactive ketones (excluding diaryl/α,β-unsaturated/α-hetero) is 1. The van der Waals surface area contributed by atoms with Gasteiger partial charge in [0.25, 0.3) is 0 Å². The van der Waals surface area contributed by atoms with Gasteiger partial charge in [-0.25, -0.2) is 0 Å². The fraction of sp³-hybridized carbons (Fsp3) is 0.750. The van der Waals surface area contributed by atoms with Gasteiger partial charge in [0.15, 0.2) is 5.78 Å². The van der Waals surface area contributed by atoms with Gasteiger partial charge in [-0.2, -0.15) is 0 Å². The molecule has 0 radical (unpaired) electrons. The van der Waals surface area contributed by atoms with E-state index in [1.807, 2.05) is 30.3 Å². The van der Waals surface area contributed by atoms with Crippen LogP contribution in [-0.4, -0.2) is 80.4 Å². The number of carboxylic acids is 1. The molecule has 0 heterocycles. The highest BCUT2D eigenvalue weighted by molar-refractivity contribution is 6.00. The number of benzene rings is 1. The topological polar surface area (TPSA) is 162 Å². The quantitative estimate of drug-likeness (QED) is 0.148. The molecule has 0 bridgehead atoms. The fourth-order valence-electron chi connectivity index (χ4n) is 13.7. The van der Waals surface area contributed by atoms with Crippen LogP contribution in [0, 0.1) is 56.2 Å². The first-order chi connectivity index (χ1) is 27.0. The van der Waals surface area contributed by atoms with Crippen molar-refractivity contribution in [1.29, 1.82) is 0 Å². The highest BCUT2D eigenvalue weighted by Crippen LogP contribution is 2.77. The molecule has 1 aromatic rings. The Hall–Kier alpha value is -3.08. The maximum atomic E-state index is 14.3. The Bertz CT molecular complexity index is 1790. The summed E-state index contributed by atoms with van der Waals surface area (Å²) in [5, 5.41) is 42.0. The number of ketones is 1. The Balaban J connectivity index is 1.30. The van der Waals surface area contributed by atoms with E-state index in [2.05, 4.69) is 48.5 Å². The smallest absolute Gasteiger partial charge is 0.309 e. The van der Waals surface area contributed by atoms with Crippen LogP contribution in [-0.2, 0) is 30.5 Å². The fourth-order valence-corrected chi connectivity index (χ4v) is 13.7. The zero-order valence-electron chi connectivity index (χ0n) is 36.6. The number of allylic oxidation sites excluding steroid dienone is 1. The number of fused-ring (bicyclic) bond motifs is 7. The molecule has 4 saturated carbocycles. The second-order valence-electron chi connectivity index (χ2n) is 21.4. The Labute approximate surface area is 346 Å². The van der Waals surface area contributed by atoms with E-state index in [-0.39, 0.29) is 83.6 Å². The number of hydrogen-bond acceptors (Lipinski definition) is 8. The number of ether oxygens (including phenoxy) is 1. The largest absolute Gasteiger partial charge is 0.481 e. The molecule has 1 amide bonds. The number of aliphatic carboxylic acids is 1. The second kappa shape index (κ2) is 15.7. The molecule has 5 aliphatic carbocycles. The average molecular weight is 806 g/mol. The van der Waals surface area contributed by atoms with Crippen LogP contribution >= 0.6 is 0 Å². The highest BCUT2D eigenvalue weighted by Gasteiger charge is 2.71. The third-order valence-electron chi connectivity index (χ3n) is 17.1. The highest BCUT2D eigenvalue weighted by atomic mass is 16.5. The average Bonchev–Trinajstić information content (AvgIpc) is 3.46. The van der Waals surface area contributed by atoms with Gasteiger partial charge in [-0.15, -0.1) is 0 Å². The van der Waals surface area contributed by atoms with Gasteiger partial charge in [0, 0.05) is 30.3 Å². The van der Waals surface area contributed by atoms with E-state index in [1.54, 1.807) is 18.7 Å². The van der Waals surface area contributed by atoms with Gasteiger partial charge in [0.05, 0.1) is 37.1 Å². The SMILES string of the molecule is CC(C)C1=C2[C@H]3CC[C@@H]4[C@@]5(C)CC[C@H](OC(=O)CC(C)(C)C(=O)O)C(C)(C)[C@@H]5CC[C@@]4(C)[C@]3(C)CC[C@@]2([C@@H](O)CN(Cc2ccccc2)C(=O)C[C@H](O)CO)CC1=O. The molecule has 6 rings (SSSR count). The summed E-state index contributed by atoms with van der Waals surface area (Å²) in [6.07, 6.45) is 4.33. The maximum absolute atomic E-state index is 14.3. The molecule has 0 unspecified atom stereocenters. The number of carboxylic acid groups (broad SMARTS) is 1. The normalized spacial score (nSPS) is 35.3. The molecule has 4 N–H and O–H groups in total. The first kappa shape index (κ1) is 44.5. The van der Waals surface area contributed by atoms with E-state index < -0.39 is 41.6 Å². The van der Waals surface area contributed by atoms with Crippen LogP contribution < -0.4 is 0 Å². The minimum absolute atomic E-state index is 0.0139. The Morgan fingerprint density at radius 3 is 2.19 bits per heavy atom. The van der Waals surface area contributed by atoms with E-state index in [0.717, 1.165) is 61.7 Å². The Kier molecular flexibility index (Phi) is 12.1. The number of carbonyl (C=O) groups excluding carboxylic acids is 3. The Morgan fingerprint density at radius 1 is 0.897 bits per heavy atom. The van der Waals surface area contributed by atoms with Crippen LogP contribution in [0.1, 0.15) is 139 Å². The molecule has 322 valence electrons. The Morgan fingerprint density at radius 2 is 1.57 bits per heavy atom. The molecule has 1 aromatic carbocycles. The number of amides is 1. The summed E-state index contributed by atoms with van der Waals surface area (Å²) in [6.45, 7) is 18.9. The first-order valence-electron chi connectivity index (χ1n) is 22.0. The zero-order chi connectivity index (χ0) is 42.8. The van der Waals surface area contributed by atoms with E-state index in [4.69, 9.17) is 4.74 Å². The lowest BCUT2D eigenvalue weighted by molar-refractivity contribution is -0.235. The van der Waals surface area contributed by atoms with Gasteiger partial charge in [0.2, 0.25) is 5.91 Å². The van der Waals surface area contributed by atoms with Gasteiger partial charge >= 0.3 is 11.9 Å². The van der Waals surface area contributed by atoms with Gasteiger partial charge < -0.3 is 30.1 Å². The monoisotopic (exact) mass is 806 g/mol. The minimum Gasteiger partial charge on any atom is -0.481 e. The van der Waals surface area contributed by atoms with Crippen molar-refractivity contribution in [1.82, 2.24) is 4.90 Å². The molecular weight excluding hydrogens is 735 g/mol. The summed E-state index contributed by atoms with van der Waals surface area (Å²) in [5.74, 6) is -0.930. The summed E-state index contributed by atoms with van der Waals surface area (Å²) in [5.41, 5.74) is 0.373. The molecule has 10 heteroatoms. The third kappa shape index (κ3) is 7.29. The minimum atomic E-state index is -1.20. The van der Waals surface area contributed by atoms with E-state index in [1.165, 1.54) is 0 Å². The molecular formula is C48H71NO9. The van der Waals surface area contributed by atoms with Gasteiger partial charge in [0.1, 0.15) is 6.10 Å². The van der Waals surface area contributed by atoms with Gasteiger partial charge in [-0.3, -0.25) is 19.2 Å². The molecule has 0 aromatic heterocycles. The van der Waals surface area contributed by atoms with Crippen LogP contribution in [0.2, 0.25) is 0 Å². The lowest BCUT2D eigenvalue weighted by atomic mass is 9.33. The number of nitrogens with zero attached hydrogens (tertiary/aromatic N) is 1. The number of aliphatic hydroxyl groups excluding tert-OH is 3. The second-order valence-corrected chi connectivity index (χ2v) is 21.4. The lowest BCUT2D eigenvalue weighted by Gasteiger charge is -2.72. The molecule has 4 fully saturated rings. The van der Waals surface area contributed by atoms with Crippen molar-refractivity contribution in [2.45, 2.75) is 158 Å². The van der Waals surface area contributed by atoms with Crippen molar-refractivity contribution in [2.24, 2.45) is 56.2 Å². The van der Waals surface area contributed by atoms with Crippen LogP contribution in [0.5, 0.6) is 0 Å². The zero-order valence-corrected chi connectivity index (χ0v) is 36.6. The third-order valence-corrected chi connectivity index (χ3v) is 17.1. The molecule has 5 aliphatic rings. The lowest BCUT2D eigenvalue weighted by Crippen LogP contribution is -2.66. The van der Waals surface area contributed by atoms with Crippen molar-refractivity contribution in [3.05, 3.63) is 47.0 Å². The van der Waals surface area contributed by atoms with Crippen molar-refractivity contribution >= 4 is 23.6 Å². The molecule has 10 nitrogen and oxygen atoms in total. The first-order valence-corrected chi connectivity index (χ1v) is 22.0. The predicted octanol–water partition coefficient (Wildman–Crippen LogP) is 7.51. The standard InChI is InChI=1S/C48H71NO9/c1-29(2)40-33(52)24-48(36(53)27-49(38(54)23-31(51)28-50)26-30-13-11-10-12-14-30)22-21-46(8)32(41(40)48)15-16-35-45(7)19-18-37(58-39(55)25-43(3,4)42(56)57)44(5,6)34(45)17-20-47(35,46)9/h10-14,29,31-32,34-37,50-51,53H,15-28H2,1-9H3,(H,56,57)/t31-,32+,34-,35+,36-,37-,45-,46+,47+,48-/m0/s1. The van der Waals surface area contributed by atoms with Crippen molar-refractivity contribution in [3.8, 4) is 0 Å². The van der Waals surface area contributed by atoms with E-state index in [0.29, 0.717) is 18.3 Å². The molecule has 0 saturated heterocycles. The van der Waals surface area contributed by atoms with Gasteiger partial charge in [-0.1, -0.05) is 84.4 Å². The molecule has 0 spiro atoms. The summed E-state index contributed by atoms with van der Waals surface area (Å²) in [4.78, 5) is 54.5. The number of hydrogen-bond donors (Lipinski definition) is 4. The van der Waals surface area contributed by atoms with Crippen LogP contribution in [0.3, 0.4) is 0 Å². The van der Waals surface area contributed by atoms with E-state index >= 15 is 0 Å². The van der Waals surface area contributed by atoms with Crippen LogP contribution in [0.25, 0.3) is 0 Å². The predicted molar refractivity (Wildman–Crippen MR) is 221 cm³/mol. The number of esters is 1. The number of carbonyl (C=O) groups is 4. The number of aliphatic hydroxyl groups is 3. The van der Waals surface area contributed by atoms with Crippen LogP contribution in [0.4, 0.5) is 0 Å². The van der Waals surface area contributed by atoms with Crippen molar-refractivity contribution < 1.29 is 44.3 Å². The number of rotatable bonds is 13. The van der Waals surface area contributed by atoms with Crippen molar-refractivity contribution in [2.75, 3.05) is 13.2 Å². The summed E-state index contributed by atoms with van der Waals surface area (Å²) in [7, 11) is 0.